The Morgan fingerprint density at radius 1 is 0.606 bits per heavy atom. The van der Waals surface area contributed by atoms with Crippen molar-refractivity contribution in [2.75, 3.05) is 72.5 Å². The first-order valence-corrected chi connectivity index (χ1v) is 12.4. The normalized spacial score (nSPS) is 11.5. The van der Waals surface area contributed by atoms with Gasteiger partial charge in [-0.2, -0.15) is 0 Å². The van der Waals surface area contributed by atoms with E-state index in [9.17, 15) is 9.59 Å². The van der Waals surface area contributed by atoms with E-state index in [1.54, 1.807) is 0 Å². The maximum atomic E-state index is 11.8. The van der Waals surface area contributed by atoms with Crippen molar-refractivity contribution in [1.82, 2.24) is 16.0 Å². The minimum Gasteiger partial charge on any atom is -0.382 e. The monoisotopic (exact) mass is 475 g/mol. The Labute approximate surface area is 201 Å². The topological polar surface area (TPSA) is 107 Å². The summed E-state index contributed by atoms with van der Waals surface area (Å²) in [7, 11) is 0. The highest BCUT2D eigenvalue weighted by atomic mass is 16.5. The molecule has 0 saturated heterocycles. The SMILES string of the molecule is CCOCCCNC(=O)CCCC(=O)NCCCOCCOCCOCCCNC(C)(C)C. The number of carbonyl (C=O) groups excluding carboxylic acids is 2. The van der Waals surface area contributed by atoms with E-state index in [0.29, 0.717) is 78.6 Å². The van der Waals surface area contributed by atoms with Crippen molar-refractivity contribution in [3.05, 3.63) is 0 Å². The average Bonchev–Trinajstić information content (AvgIpc) is 2.75. The first kappa shape index (κ1) is 31.7. The number of hydrogen-bond donors (Lipinski definition) is 3. The van der Waals surface area contributed by atoms with Crippen LogP contribution in [0, 0.1) is 0 Å². The largest absolute Gasteiger partial charge is 0.382 e. The lowest BCUT2D eigenvalue weighted by molar-refractivity contribution is -0.122. The van der Waals surface area contributed by atoms with Crippen molar-refractivity contribution in [2.24, 2.45) is 0 Å². The van der Waals surface area contributed by atoms with Gasteiger partial charge >= 0.3 is 0 Å². The Bertz CT molecular complexity index is 472. The van der Waals surface area contributed by atoms with Crippen LogP contribution >= 0.6 is 0 Å². The van der Waals surface area contributed by atoms with Gasteiger partial charge in [-0.05, 0) is 59.9 Å². The molecule has 0 fully saturated rings. The van der Waals surface area contributed by atoms with Crippen LogP contribution in [0.15, 0.2) is 0 Å². The molecule has 9 heteroatoms. The first-order chi connectivity index (χ1) is 15.8. The van der Waals surface area contributed by atoms with Gasteiger partial charge in [-0.15, -0.1) is 0 Å². The van der Waals surface area contributed by atoms with Crippen molar-refractivity contribution in [1.29, 1.82) is 0 Å². The number of amides is 2. The van der Waals surface area contributed by atoms with E-state index < -0.39 is 0 Å². The van der Waals surface area contributed by atoms with E-state index in [0.717, 1.165) is 32.4 Å². The number of rotatable bonds is 23. The van der Waals surface area contributed by atoms with Crippen LogP contribution in [0.5, 0.6) is 0 Å². The van der Waals surface area contributed by atoms with Gasteiger partial charge in [0.1, 0.15) is 0 Å². The van der Waals surface area contributed by atoms with E-state index in [1.807, 2.05) is 6.92 Å². The summed E-state index contributed by atoms with van der Waals surface area (Å²) in [4.78, 5) is 23.4. The third-order valence-corrected chi connectivity index (χ3v) is 4.45. The molecule has 0 rings (SSSR count). The Hall–Kier alpha value is -1.26. The van der Waals surface area contributed by atoms with Crippen molar-refractivity contribution in [3.8, 4) is 0 Å². The molecule has 0 bridgehead atoms. The molecule has 3 N–H and O–H groups in total. The van der Waals surface area contributed by atoms with Gasteiger partial charge in [-0.1, -0.05) is 0 Å². The predicted octanol–water partition coefficient (Wildman–Crippen LogP) is 2.03. The maximum Gasteiger partial charge on any atom is 0.220 e. The average molecular weight is 476 g/mol. The van der Waals surface area contributed by atoms with E-state index >= 15 is 0 Å². The molecule has 0 aromatic carbocycles. The molecule has 0 saturated carbocycles. The van der Waals surface area contributed by atoms with Gasteiger partial charge in [-0.25, -0.2) is 0 Å². The Morgan fingerprint density at radius 2 is 1.03 bits per heavy atom. The molecule has 0 aliphatic carbocycles. The molecule has 9 nitrogen and oxygen atoms in total. The van der Waals surface area contributed by atoms with Gasteiger partial charge in [0, 0.05) is 57.9 Å². The highest BCUT2D eigenvalue weighted by Crippen LogP contribution is 1.98. The van der Waals surface area contributed by atoms with E-state index in [4.69, 9.17) is 18.9 Å². The smallest absolute Gasteiger partial charge is 0.220 e. The summed E-state index contributed by atoms with van der Waals surface area (Å²) in [6, 6.07) is 0. The summed E-state index contributed by atoms with van der Waals surface area (Å²) in [5, 5.41) is 9.10. The second-order valence-corrected chi connectivity index (χ2v) is 8.82. The fourth-order valence-corrected chi connectivity index (χ4v) is 2.71. The Kier molecular flexibility index (Phi) is 21.7. The summed E-state index contributed by atoms with van der Waals surface area (Å²) < 4.78 is 21.7. The first-order valence-electron chi connectivity index (χ1n) is 12.4. The van der Waals surface area contributed by atoms with Gasteiger partial charge in [0.25, 0.3) is 0 Å². The van der Waals surface area contributed by atoms with E-state index in [2.05, 4.69) is 36.7 Å². The van der Waals surface area contributed by atoms with Crippen LogP contribution < -0.4 is 16.0 Å². The van der Waals surface area contributed by atoms with Gasteiger partial charge in [0.05, 0.1) is 26.4 Å². The minimum absolute atomic E-state index is 0.0186. The van der Waals surface area contributed by atoms with Crippen LogP contribution in [-0.2, 0) is 28.5 Å². The summed E-state index contributed by atoms with van der Waals surface area (Å²) in [6.07, 6.45) is 3.81. The van der Waals surface area contributed by atoms with Crippen LogP contribution in [0.25, 0.3) is 0 Å². The lowest BCUT2D eigenvalue weighted by Gasteiger charge is -2.20. The fourth-order valence-electron chi connectivity index (χ4n) is 2.71. The Morgan fingerprint density at radius 3 is 1.48 bits per heavy atom. The molecular formula is C24H49N3O6. The predicted molar refractivity (Wildman–Crippen MR) is 130 cm³/mol. The molecule has 0 spiro atoms. The lowest BCUT2D eigenvalue weighted by Crippen LogP contribution is -2.36. The van der Waals surface area contributed by atoms with Crippen molar-refractivity contribution in [3.63, 3.8) is 0 Å². The second-order valence-electron chi connectivity index (χ2n) is 8.82. The number of ether oxygens (including phenoxy) is 4. The summed E-state index contributed by atoms with van der Waals surface area (Å²) in [6.45, 7) is 15.4. The summed E-state index contributed by atoms with van der Waals surface area (Å²) >= 11 is 0. The van der Waals surface area contributed by atoms with Crippen molar-refractivity contribution >= 4 is 11.8 Å². The Balaban J connectivity index is 3.27. The number of hydrogen-bond acceptors (Lipinski definition) is 7. The van der Waals surface area contributed by atoms with Crippen molar-refractivity contribution in [2.45, 2.75) is 71.8 Å². The number of nitrogens with one attached hydrogen (secondary N) is 3. The van der Waals surface area contributed by atoms with E-state index in [1.165, 1.54) is 0 Å². The maximum absolute atomic E-state index is 11.8. The quantitative estimate of drug-likeness (QED) is 0.194. The van der Waals surface area contributed by atoms with Crippen LogP contribution in [-0.4, -0.2) is 89.8 Å². The minimum atomic E-state index is -0.0309. The lowest BCUT2D eigenvalue weighted by atomic mass is 10.1. The standard InChI is InChI=1S/C24H49N3O6/c1-5-30-15-7-12-25-22(28)10-6-11-23(29)26-13-8-16-31-18-20-33-21-19-32-17-9-14-27-24(2,3)4/h27H,5-21H2,1-4H3,(H,25,28)(H,26,29). The third kappa shape index (κ3) is 26.9. The molecule has 0 atom stereocenters. The second kappa shape index (κ2) is 22.5. The van der Waals surface area contributed by atoms with Crippen LogP contribution in [0.4, 0.5) is 0 Å². The van der Waals surface area contributed by atoms with Gasteiger partial charge in [0.2, 0.25) is 11.8 Å². The third-order valence-electron chi connectivity index (χ3n) is 4.45. The van der Waals surface area contributed by atoms with E-state index in [-0.39, 0.29) is 17.4 Å². The molecule has 196 valence electrons. The highest BCUT2D eigenvalue weighted by molar-refractivity contribution is 5.78. The van der Waals surface area contributed by atoms with Crippen molar-refractivity contribution < 1.29 is 28.5 Å². The highest BCUT2D eigenvalue weighted by Gasteiger charge is 2.07. The molecule has 0 aromatic heterocycles. The van der Waals surface area contributed by atoms with Gasteiger partial charge in [0.15, 0.2) is 0 Å². The van der Waals surface area contributed by atoms with Gasteiger partial charge in [-0.3, -0.25) is 9.59 Å². The molecule has 33 heavy (non-hydrogen) atoms. The molecule has 0 aliphatic rings. The molecule has 0 heterocycles. The zero-order valence-electron chi connectivity index (χ0n) is 21.5. The van der Waals surface area contributed by atoms with Crippen LogP contribution in [0.2, 0.25) is 0 Å². The molecule has 0 unspecified atom stereocenters. The number of carbonyl (C=O) groups is 2. The zero-order chi connectivity index (χ0) is 24.6. The molecular weight excluding hydrogens is 426 g/mol. The van der Waals surface area contributed by atoms with Crippen LogP contribution in [0.1, 0.15) is 66.2 Å². The van der Waals surface area contributed by atoms with Gasteiger partial charge < -0.3 is 34.9 Å². The van der Waals surface area contributed by atoms with Crippen LogP contribution in [0.3, 0.4) is 0 Å². The molecule has 0 aromatic rings. The zero-order valence-corrected chi connectivity index (χ0v) is 21.5. The summed E-state index contributed by atoms with van der Waals surface area (Å²) in [5.74, 6) is -0.0495. The summed E-state index contributed by atoms with van der Waals surface area (Å²) in [5.41, 5.74) is 0.151. The molecule has 0 radical (unpaired) electrons. The molecule has 2 amide bonds. The fraction of sp³-hybridized carbons (Fsp3) is 0.917. The molecule has 0 aliphatic heterocycles.